The van der Waals surface area contributed by atoms with E-state index in [1.54, 1.807) is 0 Å². The van der Waals surface area contributed by atoms with Crippen molar-refractivity contribution >= 4 is 5.97 Å². The second kappa shape index (κ2) is 7.29. The third-order valence-corrected chi connectivity index (χ3v) is 3.72. The number of carbonyl (C=O) groups excluding carboxylic acids is 1. The van der Waals surface area contributed by atoms with E-state index in [4.69, 9.17) is 9.47 Å². The molecule has 1 aliphatic rings. The molecule has 1 aliphatic heterocycles. The molecule has 0 aliphatic carbocycles. The number of piperidine rings is 1. The molecule has 4 heteroatoms. The van der Waals surface area contributed by atoms with Gasteiger partial charge in [-0.2, -0.15) is 0 Å². The van der Waals surface area contributed by atoms with Gasteiger partial charge >= 0.3 is 5.97 Å². The number of benzene rings is 1. The highest BCUT2D eigenvalue weighted by Gasteiger charge is 2.28. The van der Waals surface area contributed by atoms with Gasteiger partial charge in [-0.25, -0.2) is 0 Å². The van der Waals surface area contributed by atoms with E-state index in [2.05, 4.69) is 4.90 Å². The van der Waals surface area contributed by atoms with Crippen LogP contribution >= 0.6 is 0 Å². The van der Waals surface area contributed by atoms with Crippen LogP contribution in [0, 0.1) is 6.92 Å². The second-order valence-corrected chi connectivity index (χ2v) is 5.24. The molecule has 1 saturated heterocycles. The monoisotopic (exact) mass is 277 g/mol. The van der Waals surface area contributed by atoms with Crippen molar-refractivity contribution in [1.82, 2.24) is 4.90 Å². The molecule has 0 saturated carbocycles. The van der Waals surface area contributed by atoms with Crippen molar-refractivity contribution in [3.05, 3.63) is 29.8 Å². The highest BCUT2D eigenvalue weighted by Crippen LogP contribution is 2.18. The maximum absolute atomic E-state index is 11.8. The average molecular weight is 277 g/mol. The number of ether oxygens (including phenoxy) is 2. The molecule has 0 aromatic heterocycles. The summed E-state index contributed by atoms with van der Waals surface area (Å²) in [6, 6.07) is 7.91. The van der Waals surface area contributed by atoms with Gasteiger partial charge < -0.3 is 9.47 Å². The summed E-state index contributed by atoms with van der Waals surface area (Å²) in [5.41, 5.74) is 1.19. The maximum Gasteiger partial charge on any atom is 0.323 e. The summed E-state index contributed by atoms with van der Waals surface area (Å²) < 4.78 is 10.6. The maximum atomic E-state index is 11.8. The first kappa shape index (κ1) is 14.9. The molecule has 0 spiro atoms. The Hall–Kier alpha value is -1.55. The van der Waals surface area contributed by atoms with Gasteiger partial charge in [0.2, 0.25) is 0 Å². The lowest BCUT2D eigenvalue weighted by Gasteiger charge is -2.33. The second-order valence-electron chi connectivity index (χ2n) is 5.24. The van der Waals surface area contributed by atoms with Gasteiger partial charge in [-0.1, -0.05) is 18.6 Å². The molecule has 1 fully saturated rings. The summed E-state index contributed by atoms with van der Waals surface area (Å²) in [5, 5.41) is 0. The van der Waals surface area contributed by atoms with E-state index in [0.717, 1.165) is 38.1 Å². The van der Waals surface area contributed by atoms with Gasteiger partial charge in [-0.15, -0.1) is 0 Å². The molecule has 1 heterocycles. The first-order valence-corrected chi connectivity index (χ1v) is 7.22. The van der Waals surface area contributed by atoms with Crippen LogP contribution < -0.4 is 4.74 Å². The Bertz CT molecular complexity index is 447. The SMILES string of the molecule is COC(=O)[C@@H]1CCCCN1CCOc1cccc(C)c1. The van der Waals surface area contributed by atoms with Crippen molar-refractivity contribution in [2.75, 3.05) is 26.8 Å². The Labute approximate surface area is 120 Å². The topological polar surface area (TPSA) is 38.8 Å². The van der Waals surface area contributed by atoms with Gasteiger partial charge in [-0.3, -0.25) is 9.69 Å². The van der Waals surface area contributed by atoms with Gasteiger partial charge in [0, 0.05) is 6.54 Å². The van der Waals surface area contributed by atoms with Crippen LogP contribution in [0.4, 0.5) is 0 Å². The molecule has 0 bridgehead atoms. The minimum absolute atomic E-state index is 0.102. The molecule has 110 valence electrons. The Morgan fingerprint density at radius 2 is 2.25 bits per heavy atom. The van der Waals surface area contributed by atoms with Crippen molar-refractivity contribution in [3.8, 4) is 5.75 Å². The standard InChI is InChI=1S/C16H23NO3/c1-13-6-5-7-14(12-13)20-11-10-17-9-4-3-8-15(17)16(18)19-2/h5-7,12,15H,3-4,8-11H2,1-2H3/t15-/m0/s1. The number of aryl methyl sites for hydroxylation is 1. The summed E-state index contributed by atoms with van der Waals surface area (Å²) >= 11 is 0. The van der Waals surface area contributed by atoms with E-state index < -0.39 is 0 Å². The molecule has 1 atom stereocenters. The largest absolute Gasteiger partial charge is 0.492 e. The first-order chi connectivity index (χ1) is 9.70. The summed E-state index contributed by atoms with van der Waals surface area (Å²) in [4.78, 5) is 13.9. The molecular formula is C16H23NO3. The Kier molecular flexibility index (Phi) is 5.41. The van der Waals surface area contributed by atoms with Gasteiger partial charge in [0.25, 0.3) is 0 Å². The van der Waals surface area contributed by atoms with E-state index in [-0.39, 0.29) is 12.0 Å². The molecule has 0 N–H and O–H groups in total. The van der Waals surface area contributed by atoms with Gasteiger partial charge in [0.05, 0.1) is 7.11 Å². The Balaban J connectivity index is 1.84. The van der Waals surface area contributed by atoms with Gasteiger partial charge in [0.15, 0.2) is 0 Å². The van der Waals surface area contributed by atoms with E-state index in [1.165, 1.54) is 12.7 Å². The number of rotatable bonds is 5. The molecule has 0 unspecified atom stereocenters. The first-order valence-electron chi connectivity index (χ1n) is 7.22. The van der Waals surface area contributed by atoms with Crippen LogP contribution in [0.2, 0.25) is 0 Å². The third kappa shape index (κ3) is 3.97. The lowest BCUT2D eigenvalue weighted by Crippen LogP contribution is -2.46. The third-order valence-electron chi connectivity index (χ3n) is 3.72. The van der Waals surface area contributed by atoms with Crippen LogP contribution in [0.15, 0.2) is 24.3 Å². The minimum Gasteiger partial charge on any atom is -0.492 e. The molecular weight excluding hydrogens is 254 g/mol. The van der Waals surface area contributed by atoms with Gasteiger partial charge in [0.1, 0.15) is 18.4 Å². The average Bonchev–Trinajstić information content (AvgIpc) is 2.47. The summed E-state index contributed by atoms with van der Waals surface area (Å²) in [7, 11) is 1.46. The van der Waals surface area contributed by atoms with E-state index in [1.807, 2.05) is 31.2 Å². The number of hydrogen-bond donors (Lipinski definition) is 0. The Morgan fingerprint density at radius 3 is 3.00 bits per heavy atom. The van der Waals surface area contributed by atoms with Crippen molar-refractivity contribution < 1.29 is 14.3 Å². The van der Waals surface area contributed by atoms with Crippen LogP contribution in [0.5, 0.6) is 5.75 Å². The fourth-order valence-corrected chi connectivity index (χ4v) is 2.65. The fourth-order valence-electron chi connectivity index (χ4n) is 2.65. The van der Waals surface area contributed by atoms with E-state index in [0.29, 0.717) is 6.61 Å². The molecule has 0 radical (unpaired) electrons. The number of nitrogens with zero attached hydrogens (tertiary/aromatic N) is 1. The van der Waals surface area contributed by atoms with Crippen LogP contribution in [0.3, 0.4) is 0 Å². The zero-order chi connectivity index (χ0) is 14.4. The highest BCUT2D eigenvalue weighted by atomic mass is 16.5. The van der Waals surface area contributed by atoms with Crippen molar-refractivity contribution in [2.45, 2.75) is 32.2 Å². The molecule has 20 heavy (non-hydrogen) atoms. The quantitative estimate of drug-likeness (QED) is 0.775. The normalized spacial score (nSPS) is 19.6. The smallest absolute Gasteiger partial charge is 0.323 e. The number of likely N-dealkylation sites (tertiary alicyclic amines) is 1. The summed E-state index contributed by atoms with van der Waals surface area (Å²) in [5.74, 6) is 0.761. The van der Waals surface area contributed by atoms with Gasteiger partial charge in [-0.05, 0) is 44.0 Å². The van der Waals surface area contributed by atoms with Crippen molar-refractivity contribution in [3.63, 3.8) is 0 Å². The van der Waals surface area contributed by atoms with E-state index in [9.17, 15) is 4.79 Å². The van der Waals surface area contributed by atoms with Crippen molar-refractivity contribution in [2.24, 2.45) is 0 Å². The molecule has 1 aromatic carbocycles. The number of hydrogen-bond acceptors (Lipinski definition) is 4. The lowest BCUT2D eigenvalue weighted by molar-refractivity contribution is -0.148. The Morgan fingerprint density at radius 1 is 1.40 bits per heavy atom. The minimum atomic E-state index is -0.125. The molecule has 4 nitrogen and oxygen atoms in total. The predicted octanol–water partition coefficient (Wildman–Crippen LogP) is 2.40. The predicted molar refractivity (Wildman–Crippen MR) is 77.9 cm³/mol. The van der Waals surface area contributed by atoms with E-state index >= 15 is 0 Å². The molecule has 0 amide bonds. The number of methoxy groups -OCH3 is 1. The van der Waals surface area contributed by atoms with Crippen LogP contribution in [-0.4, -0.2) is 43.7 Å². The summed E-state index contributed by atoms with van der Waals surface area (Å²) in [6.07, 6.45) is 3.12. The summed E-state index contributed by atoms with van der Waals surface area (Å²) in [6.45, 7) is 4.34. The zero-order valence-corrected chi connectivity index (χ0v) is 12.3. The van der Waals surface area contributed by atoms with Crippen LogP contribution in [0.25, 0.3) is 0 Å². The number of carbonyl (C=O) groups is 1. The fraction of sp³-hybridized carbons (Fsp3) is 0.562. The van der Waals surface area contributed by atoms with Crippen LogP contribution in [-0.2, 0) is 9.53 Å². The highest BCUT2D eigenvalue weighted by molar-refractivity contribution is 5.75. The molecule has 2 rings (SSSR count). The van der Waals surface area contributed by atoms with Crippen LogP contribution in [0.1, 0.15) is 24.8 Å². The van der Waals surface area contributed by atoms with Crippen molar-refractivity contribution in [1.29, 1.82) is 0 Å². The zero-order valence-electron chi connectivity index (χ0n) is 12.3. The number of esters is 1. The lowest BCUT2D eigenvalue weighted by atomic mass is 10.0. The molecule has 1 aromatic rings.